The van der Waals surface area contributed by atoms with E-state index in [1.54, 1.807) is 18.2 Å². The van der Waals surface area contributed by atoms with Crippen molar-refractivity contribution in [3.63, 3.8) is 0 Å². The lowest BCUT2D eigenvalue weighted by atomic mass is 10.1. The fraction of sp³-hybridized carbons (Fsp3) is 0.133. The van der Waals surface area contributed by atoms with Gasteiger partial charge in [-0.25, -0.2) is 12.8 Å². The number of rotatable bonds is 4. The molecule has 0 radical (unpaired) electrons. The van der Waals surface area contributed by atoms with Gasteiger partial charge in [0.05, 0.1) is 16.1 Å². The fourth-order valence-corrected chi connectivity index (χ4v) is 3.02. The van der Waals surface area contributed by atoms with Crippen LogP contribution < -0.4 is 4.72 Å². The molecule has 1 N–H and O–H groups in total. The fourth-order valence-electron chi connectivity index (χ4n) is 1.89. The SMILES string of the molecule is CCc1ccccc1NS(=O)(=O)c1ccc(F)c(C#N)c1. The Morgan fingerprint density at radius 3 is 2.62 bits per heavy atom. The molecular formula is C15H13FN2O2S. The van der Waals surface area contributed by atoms with E-state index in [1.807, 2.05) is 19.1 Å². The number of aryl methyl sites for hydroxylation is 1. The zero-order valence-corrected chi connectivity index (χ0v) is 12.1. The Morgan fingerprint density at radius 2 is 1.95 bits per heavy atom. The Hall–Kier alpha value is -2.39. The third-order valence-corrected chi connectivity index (χ3v) is 4.37. The van der Waals surface area contributed by atoms with Crippen molar-refractivity contribution in [2.45, 2.75) is 18.2 Å². The monoisotopic (exact) mass is 304 g/mol. The lowest BCUT2D eigenvalue weighted by Crippen LogP contribution is -2.14. The number of benzene rings is 2. The molecule has 2 rings (SSSR count). The van der Waals surface area contributed by atoms with Gasteiger partial charge < -0.3 is 0 Å². The van der Waals surface area contributed by atoms with Crippen LogP contribution in [0, 0.1) is 17.1 Å². The molecule has 2 aromatic rings. The minimum atomic E-state index is -3.86. The number of hydrogen-bond donors (Lipinski definition) is 1. The van der Waals surface area contributed by atoms with Gasteiger partial charge in [0.25, 0.3) is 10.0 Å². The Kier molecular flexibility index (Phi) is 4.24. The second-order valence-electron chi connectivity index (χ2n) is 4.37. The van der Waals surface area contributed by atoms with Crippen LogP contribution in [0.4, 0.5) is 10.1 Å². The van der Waals surface area contributed by atoms with Crippen molar-refractivity contribution in [2.75, 3.05) is 4.72 Å². The first-order chi connectivity index (χ1) is 9.97. The highest BCUT2D eigenvalue weighted by Crippen LogP contribution is 2.21. The van der Waals surface area contributed by atoms with Crippen LogP contribution >= 0.6 is 0 Å². The van der Waals surface area contributed by atoms with Crippen LogP contribution in [0.2, 0.25) is 0 Å². The predicted molar refractivity (Wildman–Crippen MR) is 77.7 cm³/mol. The number of anilines is 1. The van der Waals surface area contributed by atoms with E-state index in [1.165, 1.54) is 0 Å². The molecule has 0 unspecified atom stereocenters. The number of nitrogens with zero attached hydrogens (tertiary/aromatic N) is 1. The molecule has 0 bridgehead atoms. The summed E-state index contributed by atoms with van der Waals surface area (Å²) in [5.74, 6) is -0.745. The molecule has 0 aromatic heterocycles. The van der Waals surface area contributed by atoms with Gasteiger partial charge in [-0.15, -0.1) is 0 Å². The van der Waals surface area contributed by atoms with Gasteiger partial charge in [0.15, 0.2) is 0 Å². The molecule has 4 nitrogen and oxygen atoms in total. The normalized spacial score (nSPS) is 10.9. The van der Waals surface area contributed by atoms with Crippen LogP contribution in [0.3, 0.4) is 0 Å². The summed E-state index contributed by atoms with van der Waals surface area (Å²) in [4.78, 5) is -0.147. The van der Waals surface area contributed by atoms with Gasteiger partial charge in [-0.2, -0.15) is 5.26 Å². The van der Waals surface area contributed by atoms with Crippen LogP contribution in [-0.2, 0) is 16.4 Å². The lowest BCUT2D eigenvalue weighted by molar-refractivity contribution is 0.599. The maximum absolute atomic E-state index is 13.3. The smallest absolute Gasteiger partial charge is 0.261 e. The van der Waals surface area contributed by atoms with Crippen molar-refractivity contribution in [3.8, 4) is 6.07 Å². The Morgan fingerprint density at radius 1 is 1.24 bits per heavy atom. The Bertz CT molecular complexity index is 811. The lowest BCUT2D eigenvalue weighted by Gasteiger charge is -2.11. The highest BCUT2D eigenvalue weighted by atomic mass is 32.2. The molecule has 0 aliphatic carbocycles. The van der Waals surface area contributed by atoms with Gasteiger partial charge in [0, 0.05) is 0 Å². The van der Waals surface area contributed by atoms with Crippen LogP contribution in [0.25, 0.3) is 0 Å². The van der Waals surface area contributed by atoms with E-state index in [0.717, 1.165) is 23.8 Å². The maximum atomic E-state index is 13.3. The topological polar surface area (TPSA) is 70.0 Å². The van der Waals surface area contributed by atoms with Crippen molar-refractivity contribution < 1.29 is 12.8 Å². The van der Waals surface area contributed by atoms with Crippen molar-refractivity contribution in [2.24, 2.45) is 0 Å². The first kappa shape index (κ1) is 15.0. The van der Waals surface area contributed by atoms with E-state index in [0.29, 0.717) is 12.1 Å². The summed E-state index contributed by atoms with van der Waals surface area (Å²) in [7, 11) is -3.86. The van der Waals surface area contributed by atoms with Gasteiger partial charge >= 0.3 is 0 Å². The maximum Gasteiger partial charge on any atom is 0.261 e. The highest BCUT2D eigenvalue weighted by molar-refractivity contribution is 7.92. The van der Waals surface area contributed by atoms with Crippen molar-refractivity contribution in [3.05, 3.63) is 59.4 Å². The number of halogens is 1. The van der Waals surface area contributed by atoms with Gasteiger partial charge in [-0.05, 0) is 36.2 Å². The molecule has 21 heavy (non-hydrogen) atoms. The van der Waals surface area contributed by atoms with Crippen LogP contribution in [-0.4, -0.2) is 8.42 Å². The van der Waals surface area contributed by atoms with E-state index in [2.05, 4.69) is 4.72 Å². The van der Waals surface area contributed by atoms with Crippen molar-refractivity contribution >= 4 is 15.7 Å². The summed E-state index contributed by atoms with van der Waals surface area (Å²) >= 11 is 0. The second-order valence-corrected chi connectivity index (χ2v) is 6.05. The highest BCUT2D eigenvalue weighted by Gasteiger charge is 2.17. The molecule has 0 amide bonds. The molecule has 6 heteroatoms. The van der Waals surface area contributed by atoms with Gasteiger partial charge in [0.2, 0.25) is 0 Å². The molecule has 0 heterocycles. The number of sulfonamides is 1. The number of para-hydroxylation sites is 1. The van der Waals surface area contributed by atoms with E-state index < -0.39 is 15.8 Å². The van der Waals surface area contributed by atoms with Crippen molar-refractivity contribution in [1.29, 1.82) is 5.26 Å². The van der Waals surface area contributed by atoms with Crippen molar-refractivity contribution in [1.82, 2.24) is 0 Å². The van der Waals surface area contributed by atoms with Crippen LogP contribution in [0.5, 0.6) is 0 Å². The van der Waals surface area contributed by atoms with Crippen LogP contribution in [0.1, 0.15) is 18.1 Å². The van der Waals surface area contributed by atoms with Gasteiger partial charge in [0.1, 0.15) is 11.9 Å². The quantitative estimate of drug-likeness (QED) is 0.943. The average Bonchev–Trinajstić information content (AvgIpc) is 2.47. The molecule has 0 saturated heterocycles. The molecule has 0 spiro atoms. The first-order valence-corrected chi connectivity index (χ1v) is 7.76. The average molecular weight is 304 g/mol. The van der Waals surface area contributed by atoms with E-state index in [9.17, 15) is 12.8 Å². The molecular weight excluding hydrogens is 291 g/mol. The second kappa shape index (κ2) is 5.94. The van der Waals surface area contributed by atoms with Gasteiger partial charge in [-0.3, -0.25) is 4.72 Å². The predicted octanol–water partition coefficient (Wildman–Crippen LogP) is 3.06. The minimum Gasteiger partial charge on any atom is -0.279 e. The standard InChI is InChI=1S/C15H13FN2O2S/c1-2-11-5-3-4-6-15(11)18-21(19,20)13-7-8-14(16)12(9-13)10-17/h3-9,18H,2H2,1H3. The van der Waals surface area contributed by atoms with Crippen LogP contribution in [0.15, 0.2) is 47.4 Å². The summed E-state index contributed by atoms with van der Waals surface area (Å²) in [6, 6.07) is 11.8. The van der Waals surface area contributed by atoms with E-state index in [-0.39, 0.29) is 10.5 Å². The van der Waals surface area contributed by atoms with Gasteiger partial charge in [-0.1, -0.05) is 25.1 Å². The number of nitrogens with one attached hydrogen (secondary N) is 1. The summed E-state index contributed by atoms with van der Waals surface area (Å²) in [6.07, 6.45) is 0.672. The summed E-state index contributed by atoms with van der Waals surface area (Å²) in [5.41, 5.74) is 1.02. The summed E-state index contributed by atoms with van der Waals surface area (Å²) in [5, 5.41) is 8.78. The molecule has 108 valence electrons. The zero-order chi connectivity index (χ0) is 15.5. The molecule has 0 atom stereocenters. The van der Waals surface area contributed by atoms with E-state index in [4.69, 9.17) is 5.26 Å². The third kappa shape index (κ3) is 3.20. The molecule has 0 aliphatic heterocycles. The molecule has 0 aliphatic rings. The summed E-state index contributed by atoms with van der Waals surface area (Å²) in [6.45, 7) is 1.92. The minimum absolute atomic E-state index is 0.147. The molecule has 2 aromatic carbocycles. The molecule has 0 saturated carbocycles. The summed E-state index contributed by atoms with van der Waals surface area (Å²) < 4.78 is 40.3. The number of nitriles is 1. The largest absolute Gasteiger partial charge is 0.279 e. The third-order valence-electron chi connectivity index (χ3n) is 3.01. The Labute approximate surface area is 122 Å². The zero-order valence-electron chi connectivity index (χ0n) is 11.3. The Balaban J connectivity index is 2.41. The van der Waals surface area contributed by atoms with E-state index >= 15 is 0 Å². The number of hydrogen-bond acceptors (Lipinski definition) is 3. The molecule has 0 fully saturated rings. The first-order valence-electron chi connectivity index (χ1n) is 6.28.